The highest BCUT2D eigenvalue weighted by Gasteiger charge is 2.25. The predicted molar refractivity (Wildman–Crippen MR) is 91.6 cm³/mol. The van der Waals surface area contributed by atoms with E-state index in [0.29, 0.717) is 32.6 Å². The number of aryl methyl sites for hydroxylation is 1. The maximum absolute atomic E-state index is 12.3. The molecule has 0 bridgehead atoms. The highest BCUT2D eigenvalue weighted by molar-refractivity contribution is 7.09. The number of hydrogen-bond donors (Lipinski definition) is 0. The summed E-state index contributed by atoms with van der Waals surface area (Å²) in [5, 5.41) is 2.03. The zero-order valence-corrected chi connectivity index (χ0v) is 15.0. The van der Waals surface area contributed by atoms with Crippen molar-refractivity contribution in [1.29, 1.82) is 0 Å². The van der Waals surface area contributed by atoms with Crippen LogP contribution in [-0.4, -0.2) is 53.6 Å². The Labute approximate surface area is 142 Å². The zero-order chi connectivity index (χ0) is 16.9. The Balaban J connectivity index is 1.80. The van der Waals surface area contributed by atoms with Crippen molar-refractivity contribution in [3.8, 4) is 0 Å². The van der Waals surface area contributed by atoms with Gasteiger partial charge < -0.3 is 14.5 Å². The van der Waals surface area contributed by atoms with E-state index in [2.05, 4.69) is 6.07 Å². The molecule has 128 valence electrons. The van der Waals surface area contributed by atoms with Gasteiger partial charge in [0.1, 0.15) is 5.60 Å². The van der Waals surface area contributed by atoms with Gasteiger partial charge in [-0.05, 0) is 45.1 Å². The molecular formula is C17H26N2O3S. The van der Waals surface area contributed by atoms with Gasteiger partial charge in [0.15, 0.2) is 0 Å². The fourth-order valence-electron chi connectivity index (χ4n) is 2.52. The quantitative estimate of drug-likeness (QED) is 0.851. The minimum Gasteiger partial charge on any atom is -0.444 e. The standard InChI is InChI=1S/C17H26N2O3S/c1-17(2,3)22-16(21)19-10-5-9-18(11-12-19)15(20)8-7-14-6-4-13-23-14/h4,6,13H,5,7-12H2,1-3H3. The minimum absolute atomic E-state index is 0.171. The summed E-state index contributed by atoms with van der Waals surface area (Å²) in [6.07, 6.45) is 1.84. The summed E-state index contributed by atoms with van der Waals surface area (Å²) < 4.78 is 5.41. The molecule has 2 heterocycles. The van der Waals surface area contributed by atoms with Crippen molar-refractivity contribution < 1.29 is 14.3 Å². The monoisotopic (exact) mass is 338 g/mol. The number of thiophene rings is 1. The average Bonchev–Trinajstić information content (AvgIpc) is 2.85. The van der Waals surface area contributed by atoms with Crippen molar-refractivity contribution >= 4 is 23.3 Å². The van der Waals surface area contributed by atoms with E-state index in [1.807, 2.05) is 37.1 Å². The summed E-state index contributed by atoms with van der Waals surface area (Å²) in [5.74, 6) is 0.171. The van der Waals surface area contributed by atoms with Crippen LogP contribution < -0.4 is 0 Å². The van der Waals surface area contributed by atoms with Crippen LogP contribution in [0.25, 0.3) is 0 Å². The maximum Gasteiger partial charge on any atom is 0.410 e. The van der Waals surface area contributed by atoms with Crippen LogP contribution in [0, 0.1) is 0 Å². The van der Waals surface area contributed by atoms with Crippen molar-refractivity contribution in [3.63, 3.8) is 0 Å². The number of amides is 2. The number of carbonyl (C=O) groups excluding carboxylic acids is 2. The van der Waals surface area contributed by atoms with Gasteiger partial charge in [-0.15, -0.1) is 11.3 Å². The fourth-order valence-corrected chi connectivity index (χ4v) is 3.23. The summed E-state index contributed by atoms with van der Waals surface area (Å²) in [5.41, 5.74) is -0.487. The molecule has 2 amide bonds. The number of carbonyl (C=O) groups is 2. The molecule has 0 atom stereocenters. The van der Waals surface area contributed by atoms with Gasteiger partial charge >= 0.3 is 6.09 Å². The van der Waals surface area contributed by atoms with Crippen LogP contribution in [0.3, 0.4) is 0 Å². The molecular weight excluding hydrogens is 312 g/mol. The highest BCUT2D eigenvalue weighted by Crippen LogP contribution is 2.14. The van der Waals surface area contributed by atoms with E-state index in [0.717, 1.165) is 12.8 Å². The second-order valence-electron chi connectivity index (χ2n) is 6.78. The Morgan fingerprint density at radius 2 is 1.87 bits per heavy atom. The van der Waals surface area contributed by atoms with Gasteiger partial charge in [-0.25, -0.2) is 4.79 Å². The van der Waals surface area contributed by atoms with Gasteiger partial charge in [0.2, 0.25) is 5.91 Å². The Morgan fingerprint density at radius 3 is 2.52 bits per heavy atom. The van der Waals surface area contributed by atoms with Crippen molar-refractivity contribution in [2.75, 3.05) is 26.2 Å². The molecule has 0 aliphatic carbocycles. The van der Waals surface area contributed by atoms with E-state index in [1.54, 1.807) is 16.2 Å². The molecule has 1 aliphatic heterocycles. The molecule has 23 heavy (non-hydrogen) atoms. The van der Waals surface area contributed by atoms with Crippen molar-refractivity contribution in [2.45, 2.75) is 45.6 Å². The van der Waals surface area contributed by atoms with Crippen LogP contribution in [0.15, 0.2) is 17.5 Å². The molecule has 0 aromatic carbocycles. The zero-order valence-electron chi connectivity index (χ0n) is 14.2. The van der Waals surface area contributed by atoms with Crippen molar-refractivity contribution in [3.05, 3.63) is 22.4 Å². The van der Waals surface area contributed by atoms with E-state index >= 15 is 0 Å². The van der Waals surface area contributed by atoms with Crippen LogP contribution in [-0.2, 0) is 16.0 Å². The minimum atomic E-state index is -0.487. The third-order valence-corrected chi connectivity index (χ3v) is 4.60. The van der Waals surface area contributed by atoms with Crippen LogP contribution in [0.5, 0.6) is 0 Å². The molecule has 0 spiro atoms. The molecule has 1 fully saturated rings. The smallest absolute Gasteiger partial charge is 0.410 e. The van der Waals surface area contributed by atoms with E-state index in [1.165, 1.54) is 4.88 Å². The van der Waals surface area contributed by atoms with Gasteiger partial charge in [-0.3, -0.25) is 4.79 Å². The van der Waals surface area contributed by atoms with Crippen molar-refractivity contribution in [2.24, 2.45) is 0 Å². The van der Waals surface area contributed by atoms with E-state index in [4.69, 9.17) is 4.74 Å². The Kier molecular flexibility index (Phi) is 6.04. The molecule has 0 unspecified atom stereocenters. The molecule has 1 aliphatic rings. The first-order chi connectivity index (χ1) is 10.8. The summed E-state index contributed by atoms with van der Waals surface area (Å²) in [6, 6.07) is 4.07. The number of nitrogens with zero attached hydrogens (tertiary/aromatic N) is 2. The predicted octanol–water partition coefficient (Wildman–Crippen LogP) is 3.15. The first-order valence-electron chi connectivity index (χ1n) is 8.13. The number of hydrogen-bond acceptors (Lipinski definition) is 4. The lowest BCUT2D eigenvalue weighted by atomic mass is 10.2. The Bertz CT molecular complexity index is 522. The highest BCUT2D eigenvalue weighted by atomic mass is 32.1. The van der Waals surface area contributed by atoms with Crippen LogP contribution in [0.4, 0.5) is 4.79 Å². The topological polar surface area (TPSA) is 49.9 Å². The second kappa shape index (κ2) is 7.81. The lowest BCUT2D eigenvalue weighted by Gasteiger charge is -2.26. The molecule has 1 saturated heterocycles. The molecule has 6 heteroatoms. The van der Waals surface area contributed by atoms with Gasteiger partial charge in [0, 0.05) is 37.5 Å². The van der Waals surface area contributed by atoms with E-state index in [-0.39, 0.29) is 12.0 Å². The summed E-state index contributed by atoms with van der Waals surface area (Å²) in [4.78, 5) is 29.3. The molecule has 0 radical (unpaired) electrons. The largest absolute Gasteiger partial charge is 0.444 e. The Morgan fingerprint density at radius 1 is 1.17 bits per heavy atom. The second-order valence-corrected chi connectivity index (χ2v) is 7.81. The van der Waals surface area contributed by atoms with Crippen LogP contribution in [0.1, 0.15) is 38.5 Å². The first-order valence-corrected chi connectivity index (χ1v) is 9.01. The van der Waals surface area contributed by atoms with Crippen molar-refractivity contribution in [1.82, 2.24) is 9.80 Å². The fraction of sp³-hybridized carbons (Fsp3) is 0.647. The third kappa shape index (κ3) is 5.86. The molecule has 5 nitrogen and oxygen atoms in total. The SMILES string of the molecule is CC(C)(C)OC(=O)N1CCCN(C(=O)CCc2cccs2)CC1. The molecule has 1 aromatic rings. The first kappa shape index (κ1) is 17.8. The molecule has 1 aromatic heterocycles. The van der Waals surface area contributed by atoms with Gasteiger partial charge in [-0.2, -0.15) is 0 Å². The molecule has 0 saturated carbocycles. The van der Waals surface area contributed by atoms with Gasteiger partial charge in [0.05, 0.1) is 0 Å². The molecule has 0 N–H and O–H groups in total. The van der Waals surface area contributed by atoms with Crippen LogP contribution in [0.2, 0.25) is 0 Å². The van der Waals surface area contributed by atoms with E-state index in [9.17, 15) is 9.59 Å². The molecule has 2 rings (SSSR count). The number of rotatable bonds is 3. The summed E-state index contributed by atoms with van der Waals surface area (Å²) in [7, 11) is 0. The van der Waals surface area contributed by atoms with Gasteiger partial charge in [0.25, 0.3) is 0 Å². The van der Waals surface area contributed by atoms with Crippen LogP contribution >= 0.6 is 11.3 Å². The average molecular weight is 338 g/mol. The maximum atomic E-state index is 12.3. The van der Waals surface area contributed by atoms with E-state index < -0.39 is 5.60 Å². The third-order valence-electron chi connectivity index (χ3n) is 3.67. The lowest BCUT2D eigenvalue weighted by Crippen LogP contribution is -2.40. The summed E-state index contributed by atoms with van der Waals surface area (Å²) in [6.45, 7) is 8.07. The normalized spacial score (nSPS) is 16.1. The van der Waals surface area contributed by atoms with Gasteiger partial charge in [-0.1, -0.05) is 6.07 Å². The Hall–Kier alpha value is -1.56. The summed E-state index contributed by atoms with van der Waals surface area (Å²) >= 11 is 1.69. The lowest BCUT2D eigenvalue weighted by molar-refractivity contribution is -0.131. The number of ether oxygens (including phenoxy) is 1.